The van der Waals surface area contributed by atoms with Crippen molar-refractivity contribution in [1.82, 2.24) is 10.3 Å². The van der Waals surface area contributed by atoms with E-state index in [9.17, 15) is 4.79 Å². The Morgan fingerprint density at radius 2 is 2.44 bits per heavy atom. The summed E-state index contributed by atoms with van der Waals surface area (Å²) in [7, 11) is 0. The lowest BCUT2D eigenvalue weighted by Gasteiger charge is -2.25. The molecule has 0 aromatic carbocycles. The lowest BCUT2D eigenvalue weighted by atomic mass is 10.0. The maximum atomic E-state index is 11.6. The normalized spacial score (nSPS) is 15.3. The molecule has 1 fully saturated rings. The summed E-state index contributed by atoms with van der Waals surface area (Å²) >= 11 is 0. The third-order valence-electron chi connectivity index (χ3n) is 2.45. The number of hydrogen-bond acceptors (Lipinski definition) is 4. The van der Waals surface area contributed by atoms with Crippen LogP contribution in [0.3, 0.4) is 0 Å². The summed E-state index contributed by atoms with van der Waals surface area (Å²) < 4.78 is 5.21. The van der Waals surface area contributed by atoms with Gasteiger partial charge in [0.25, 0.3) is 0 Å². The van der Waals surface area contributed by atoms with Crippen molar-refractivity contribution in [1.29, 1.82) is 0 Å². The third kappa shape index (κ3) is 2.49. The molecule has 86 valence electrons. The number of ether oxygens (including phenoxy) is 1. The first kappa shape index (κ1) is 10.9. The van der Waals surface area contributed by atoms with Gasteiger partial charge in [-0.1, -0.05) is 0 Å². The fourth-order valence-electron chi connectivity index (χ4n) is 1.41. The average molecular weight is 221 g/mol. The Hall–Kier alpha value is -1.62. The smallest absolute Gasteiger partial charge is 0.230 e. The van der Waals surface area contributed by atoms with E-state index < -0.39 is 0 Å². The molecule has 0 atom stereocenters. The Balaban J connectivity index is 1.91. The zero-order valence-electron chi connectivity index (χ0n) is 9.19. The largest absolute Gasteiger partial charge is 0.478 e. The molecule has 1 amide bonds. The molecule has 1 aromatic rings. The van der Waals surface area contributed by atoms with Crippen LogP contribution in [0, 0.1) is 5.92 Å². The first-order chi connectivity index (χ1) is 7.79. The SMILES string of the molecule is CCOc1ccc(NC(=O)C2CNC2)cn1. The lowest BCUT2D eigenvalue weighted by molar-refractivity contribution is -0.121. The molecule has 0 spiro atoms. The lowest BCUT2D eigenvalue weighted by Crippen LogP contribution is -2.48. The van der Waals surface area contributed by atoms with Crippen LogP contribution < -0.4 is 15.4 Å². The third-order valence-corrected chi connectivity index (χ3v) is 2.45. The summed E-state index contributed by atoms with van der Waals surface area (Å²) in [6.07, 6.45) is 1.61. The Labute approximate surface area is 94.2 Å². The molecule has 1 saturated heterocycles. The van der Waals surface area contributed by atoms with E-state index in [1.807, 2.05) is 6.92 Å². The number of rotatable bonds is 4. The molecule has 0 unspecified atom stereocenters. The number of amides is 1. The van der Waals surface area contributed by atoms with Crippen LogP contribution in [0.25, 0.3) is 0 Å². The second-order valence-corrected chi connectivity index (χ2v) is 3.66. The van der Waals surface area contributed by atoms with Gasteiger partial charge in [0.2, 0.25) is 11.8 Å². The molecular formula is C11H15N3O2. The fourth-order valence-corrected chi connectivity index (χ4v) is 1.41. The van der Waals surface area contributed by atoms with Crippen LogP contribution in [0.2, 0.25) is 0 Å². The van der Waals surface area contributed by atoms with Crippen molar-refractivity contribution in [2.45, 2.75) is 6.92 Å². The van der Waals surface area contributed by atoms with Crippen molar-refractivity contribution in [3.63, 3.8) is 0 Å². The van der Waals surface area contributed by atoms with Gasteiger partial charge in [-0.05, 0) is 13.0 Å². The van der Waals surface area contributed by atoms with Gasteiger partial charge in [0.15, 0.2) is 0 Å². The molecule has 2 rings (SSSR count). The van der Waals surface area contributed by atoms with Crippen LogP contribution in [-0.4, -0.2) is 30.6 Å². The zero-order chi connectivity index (χ0) is 11.4. The van der Waals surface area contributed by atoms with Crippen LogP contribution in [0.5, 0.6) is 5.88 Å². The topological polar surface area (TPSA) is 63.2 Å². The Kier molecular flexibility index (Phi) is 3.36. The standard InChI is InChI=1S/C11H15N3O2/c1-2-16-10-4-3-9(7-13-10)14-11(15)8-5-12-6-8/h3-4,7-8,12H,2,5-6H2,1H3,(H,14,15). The summed E-state index contributed by atoms with van der Waals surface area (Å²) in [6, 6.07) is 3.54. The van der Waals surface area contributed by atoms with Crippen molar-refractivity contribution >= 4 is 11.6 Å². The quantitative estimate of drug-likeness (QED) is 0.783. The summed E-state index contributed by atoms with van der Waals surface area (Å²) in [5.41, 5.74) is 0.709. The number of nitrogens with zero attached hydrogens (tertiary/aromatic N) is 1. The zero-order valence-corrected chi connectivity index (χ0v) is 9.19. The second-order valence-electron chi connectivity index (χ2n) is 3.66. The molecule has 16 heavy (non-hydrogen) atoms. The van der Waals surface area contributed by atoms with Gasteiger partial charge in [-0.2, -0.15) is 0 Å². The van der Waals surface area contributed by atoms with Crippen molar-refractivity contribution in [3.05, 3.63) is 18.3 Å². The number of carbonyl (C=O) groups is 1. The molecule has 1 aromatic heterocycles. The molecular weight excluding hydrogens is 206 g/mol. The van der Waals surface area contributed by atoms with Crippen molar-refractivity contribution in [2.75, 3.05) is 25.0 Å². The number of anilines is 1. The molecule has 0 saturated carbocycles. The van der Waals surface area contributed by atoms with Gasteiger partial charge in [0.1, 0.15) is 0 Å². The molecule has 2 N–H and O–H groups in total. The van der Waals surface area contributed by atoms with Crippen LogP contribution in [0.1, 0.15) is 6.92 Å². The fraction of sp³-hybridized carbons (Fsp3) is 0.455. The van der Waals surface area contributed by atoms with Gasteiger partial charge < -0.3 is 15.4 Å². The van der Waals surface area contributed by atoms with E-state index >= 15 is 0 Å². The van der Waals surface area contributed by atoms with Crippen molar-refractivity contribution in [3.8, 4) is 5.88 Å². The van der Waals surface area contributed by atoms with E-state index in [1.165, 1.54) is 0 Å². The van der Waals surface area contributed by atoms with Gasteiger partial charge >= 0.3 is 0 Å². The highest BCUT2D eigenvalue weighted by atomic mass is 16.5. The van der Waals surface area contributed by atoms with Gasteiger partial charge in [0.05, 0.1) is 24.4 Å². The minimum Gasteiger partial charge on any atom is -0.478 e. The van der Waals surface area contributed by atoms with E-state index in [1.54, 1.807) is 18.3 Å². The Morgan fingerprint density at radius 1 is 1.62 bits per heavy atom. The maximum absolute atomic E-state index is 11.6. The molecule has 0 bridgehead atoms. The Morgan fingerprint density at radius 3 is 2.94 bits per heavy atom. The van der Waals surface area contributed by atoms with E-state index in [4.69, 9.17) is 4.74 Å². The van der Waals surface area contributed by atoms with Gasteiger partial charge in [0, 0.05) is 19.2 Å². The summed E-state index contributed by atoms with van der Waals surface area (Å²) in [5.74, 6) is 0.710. The van der Waals surface area contributed by atoms with Crippen LogP contribution >= 0.6 is 0 Å². The molecule has 1 aliphatic heterocycles. The number of nitrogens with one attached hydrogen (secondary N) is 2. The van der Waals surface area contributed by atoms with E-state index in [-0.39, 0.29) is 11.8 Å². The number of aromatic nitrogens is 1. The van der Waals surface area contributed by atoms with Gasteiger partial charge in [-0.15, -0.1) is 0 Å². The summed E-state index contributed by atoms with van der Waals surface area (Å²) in [6.45, 7) is 4.01. The summed E-state index contributed by atoms with van der Waals surface area (Å²) in [4.78, 5) is 15.7. The molecule has 5 nitrogen and oxygen atoms in total. The molecule has 5 heteroatoms. The minimum atomic E-state index is 0.0460. The maximum Gasteiger partial charge on any atom is 0.230 e. The first-order valence-corrected chi connectivity index (χ1v) is 5.40. The molecule has 2 heterocycles. The number of pyridine rings is 1. The monoisotopic (exact) mass is 221 g/mol. The average Bonchev–Trinajstić information content (AvgIpc) is 2.18. The van der Waals surface area contributed by atoms with Crippen LogP contribution in [0.15, 0.2) is 18.3 Å². The molecule has 1 aliphatic rings. The van der Waals surface area contributed by atoms with E-state index in [0.29, 0.717) is 18.2 Å². The predicted octanol–water partition coefficient (Wildman–Crippen LogP) is 0.638. The van der Waals surface area contributed by atoms with E-state index in [0.717, 1.165) is 13.1 Å². The predicted molar refractivity (Wildman–Crippen MR) is 60.4 cm³/mol. The van der Waals surface area contributed by atoms with E-state index in [2.05, 4.69) is 15.6 Å². The minimum absolute atomic E-state index is 0.0460. The van der Waals surface area contributed by atoms with Gasteiger partial charge in [-0.3, -0.25) is 4.79 Å². The van der Waals surface area contributed by atoms with Crippen LogP contribution in [-0.2, 0) is 4.79 Å². The number of carbonyl (C=O) groups excluding carboxylic acids is 1. The van der Waals surface area contributed by atoms with Gasteiger partial charge in [-0.25, -0.2) is 4.98 Å². The van der Waals surface area contributed by atoms with Crippen LogP contribution in [0.4, 0.5) is 5.69 Å². The highest BCUT2D eigenvalue weighted by molar-refractivity contribution is 5.93. The van der Waals surface area contributed by atoms with Crippen molar-refractivity contribution < 1.29 is 9.53 Å². The Bertz CT molecular complexity index is 360. The molecule has 0 aliphatic carbocycles. The molecule has 0 radical (unpaired) electrons. The highest BCUT2D eigenvalue weighted by Gasteiger charge is 2.24. The highest BCUT2D eigenvalue weighted by Crippen LogP contribution is 2.13. The van der Waals surface area contributed by atoms with Crippen molar-refractivity contribution in [2.24, 2.45) is 5.92 Å². The first-order valence-electron chi connectivity index (χ1n) is 5.40. The second kappa shape index (κ2) is 4.94. The summed E-state index contributed by atoms with van der Waals surface area (Å²) in [5, 5.41) is 5.87. The number of hydrogen-bond donors (Lipinski definition) is 2.